The number of hydrogen-bond acceptors (Lipinski definition) is 4. The van der Waals surface area contributed by atoms with Crippen LogP contribution in [0.25, 0.3) is 0 Å². The Morgan fingerprint density at radius 2 is 2.33 bits per heavy atom. The zero-order valence-electron chi connectivity index (χ0n) is 8.01. The van der Waals surface area contributed by atoms with Crippen molar-refractivity contribution >= 4 is 5.69 Å². The maximum atomic E-state index is 13.1. The molecule has 0 bridgehead atoms. The number of benzene rings is 1. The van der Waals surface area contributed by atoms with Crippen molar-refractivity contribution < 1.29 is 19.2 Å². The van der Waals surface area contributed by atoms with E-state index in [4.69, 9.17) is 9.84 Å². The largest absolute Gasteiger partial charge is 0.488 e. The predicted octanol–water partition coefficient (Wildman–Crippen LogP) is 1.49. The lowest BCUT2D eigenvalue weighted by Crippen LogP contribution is -2.13. The summed E-state index contributed by atoms with van der Waals surface area (Å²) in [7, 11) is 0. The van der Waals surface area contributed by atoms with Crippen molar-refractivity contribution in [3.63, 3.8) is 0 Å². The second-order valence-electron chi connectivity index (χ2n) is 3.03. The molecule has 15 heavy (non-hydrogen) atoms. The normalized spacial score (nSPS) is 12.2. The smallest absolute Gasteiger partial charge is 0.272 e. The number of non-ortho nitro benzene ring substituents is 1. The molecule has 0 heterocycles. The highest BCUT2D eigenvalue weighted by molar-refractivity contribution is 5.37. The Kier molecular flexibility index (Phi) is 3.56. The molecule has 0 aliphatic carbocycles. The number of aliphatic hydroxyl groups is 1. The third-order valence-corrected chi connectivity index (χ3v) is 1.61. The molecule has 1 rings (SSSR count). The summed E-state index contributed by atoms with van der Waals surface area (Å²) in [5.74, 6) is -0.925. The van der Waals surface area contributed by atoms with Gasteiger partial charge >= 0.3 is 0 Å². The van der Waals surface area contributed by atoms with Crippen molar-refractivity contribution in [1.29, 1.82) is 0 Å². The van der Waals surface area contributed by atoms with E-state index in [0.29, 0.717) is 0 Å². The van der Waals surface area contributed by atoms with Crippen LogP contribution in [0.15, 0.2) is 18.2 Å². The Hall–Kier alpha value is -1.69. The van der Waals surface area contributed by atoms with Crippen LogP contribution in [0.4, 0.5) is 10.1 Å². The molecule has 1 N–H and O–H groups in total. The minimum Gasteiger partial charge on any atom is -0.488 e. The predicted molar refractivity (Wildman–Crippen MR) is 50.2 cm³/mol. The van der Waals surface area contributed by atoms with Crippen molar-refractivity contribution in [3.8, 4) is 5.75 Å². The first-order chi connectivity index (χ1) is 7.00. The fourth-order valence-electron chi connectivity index (χ4n) is 0.931. The van der Waals surface area contributed by atoms with Crippen LogP contribution in [0.5, 0.6) is 5.75 Å². The summed E-state index contributed by atoms with van der Waals surface area (Å²) in [5, 5.41) is 19.2. The van der Waals surface area contributed by atoms with Crippen molar-refractivity contribution in [1.82, 2.24) is 0 Å². The fraction of sp³-hybridized carbons (Fsp3) is 0.333. The van der Waals surface area contributed by atoms with Crippen LogP contribution in [-0.2, 0) is 0 Å². The molecule has 1 aromatic carbocycles. The Morgan fingerprint density at radius 1 is 1.67 bits per heavy atom. The van der Waals surface area contributed by atoms with Crippen LogP contribution in [0.3, 0.4) is 0 Å². The van der Waals surface area contributed by atoms with Gasteiger partial charge in [-0.15, -0.1) is 0 Å². The van der Waals surface area contributed by atoms with Crippen LogP contribution in [0.1, 0.15) is 6.92 Å². The lowest BCUT2D eigenvalue weighted by Gasteiger charge is -2.08. The molecule has 0 saturated carbocycles. The minimum absolute atomic E-state index is 0.0608. The Morgan fingerprint density at radius 3 is 2.80 bits per heavy atom. The van der Waals surface area contributed by atoms with Gasteiger partial charge < -0.3 is 9.84 Å². The molecular formula is C9H10FNO4. The molecule has 0 fully saturated rings. The fourth-order valence-corrected chi connectivity index (χ4v) is 0.931. The lowest BCUT2D eigenvalue weighted by molar-refractivity contribution is -0.385. The number of nitro benzene ring substituents is 1. The summed E-state index contributed by atoms with van der Waals surface area (Å²) in [6.07, 6.45) is -0.723. The SMILES string of the molecule is CC(O)COc1ccc([N+](=O)[O-])cc1F. The zero-order valence-corrected chi connectivity index (χ0v) is 8.01. The third kappa shape index (κ3) is 3.17. The lowest BCUT2D eigenvalue weighted by atomic mass is 10.3. The molecule has 82 valence electrons. The van der Waals surface area contributed by atoms with Crippen LogP contribution >= 0.6 is 0 Å². The molecule has 0 radical (unpaired) electrons. The highest BCUT2D eigenvalue weighted by Crippen LogP contribution is 2.22. The minimum atomic E-state index is -0.815. The van der Waals surface area contributed by atoms with Gasteiger partial charge in [-0.2, -0.15) is 0 Å². The Balaban J connectivity index is 2.79. The molecule has 0 saturated heterocycles. The number of ether oxygens (including phenoxy) is 1. The van der Waals surface area contributed by atoms with Gasteiger partial charge in [0.15, 0.2) is 11.6 Å². The maximum absolute atomic E-state index is 13.1. The highest BCUT2D eigenvalue weighted by Gasteiger charge is 2.11. The van der Waals surface area contributed by atoms with Gasteiger partial charge in [0, 0.05) is 6.07 Å². The van der Waals surface area contributed by atoms with Gasteiger partial charge in [0.25, 0.3) is 5.69 Å². The second-order valence-corrected chi connectivity index (χ2v) is 3.03. The van der Waals surface area contributed by atoms with E-state index in [1.807, 2.05) is 0 Å². The first-order valence-electron chi connectivity index (χ1n) is 4.25. The molecule has 6 heteroatoms. The molecule has 1 unspecified atom stereocenters. The molecule has 0 aliphatic heterocycles. The number of hydrogen-bond donors (Lipinski definition) is 1. The standard InChI is InChI=1S/C9H10FNO4/c1-6(12)5-15-9-3-2-7(11(13)14)4-8(9)10/h2-4,6,12H,5H2,1H3. The number of rotatable bonds is 4. The molecule has 1 aromatic rings. The van der Waals surface area contributed by atoms with Gasteiger partial charge in [-0.05, 0) is 13.0 Å². The number of aliphatic hydroxyl groups excluding tert-OH is 1. The zero-order chi connectivity index (χ0) is 11.4. The van der Waals surface area contributed by atoms with Crippen LogP contribution < -0.4 is 4.74 Å². The van der Waals surface area contributed by atoms with Crippen LogP contribution in [0.2, 0.25) is 0 Å². The van der Waals surface area contributed by atoms with E-state index in [1.165, 1.54) is 6.92 Å². The summed E-state index contributed by atoms with van der Waals surface area (Å²) in [6, 6.07) is 3.08. The number of nitrogens with zero attached hydrogens (tertiary/aromatic N) is 1. The second kappa shape index (κ2) is 4.70. The van der Waals surface area contributed by atoms with E-state index < -0.39 is 16.8 Å². The Labute approximate surface area is 85.3 Å². The van der Waals surface area contributed by atoms with E-state index in [-0.39, 0.29) is 18.0 Å². The van der Waals surface area contributed by atoms with E-state index in [9.17, 15) is 14.5 Å². The molecule has 0 amide bonds. The average Bonchev–Trinajstić information content (AvgIpc) is 2.15. The van der Waals surface area contributed by atoms with Gasteiger partial charge in [-0.25, -0.2) is 4.39 Å². The average molecular weight is 215 g/mol. The van der Waals surface area contributed by atoms with Crippen molar-refractivity contribution in [2.75, 3.05) is 6.61 Å². The first-order valence-corrected chi connectivity index (χ1v) is 4.25. The van der Waals surface area contributed by atoms with Crippen molar-refractivity contribution in [3.05, 3.63) is 34.1 Å². The molecular weight excluding hydrogens is 205 g/mol. The van der Waals surface area contributed by atoms with Gasteiger partial charge in [0.2, 0.25) is 0 Å². The van der Waals surface area contributed by atoms with Crippen LogP contribution in [-0.4, -0.2) is 22.7 Å². The van der Waals surface area contributed by atoms with Gasteiger partial charge in [0.1, 0.15) is 6.61 Å². The first kappa shape index (κ1) is 11.4. The quantitative estimate of drug-likeness (QED) is 0.610. The number of nitro groups is 1. The third-order valence-electron chi connectivity index (χ3n) is 1.61. The summed E-state index contributed by atoms with van der Waals surface area (Å²) in [4.78, 5) is 9.60. The molecule has 0 spiro atoms. The van der Waals surface area contributed by atoms with E-state index in [1.54, 1.807) is 0 Å². The topological polar surface area (TPSA) is 72.6 Å². The summed E-state index contributed by atoms with van der Waals surface area (Å²) in [6.45, 7) is 1.43. The summed E-state index contributed by atoms with van der Waals surface area (Å²) in [5.41, 5.74) is -0.336. The van der Waals surface area contributed by atoms with Crippen molar-refractivity contribution in [2.24, 2.45) is 0 Å². The molecule has 5 nitrogen and oxygen atoms in total. The Bertz CT molecular complexity index is 367. The maximum Gasteiger partial charge on any atom is 0.272 e. The molecule has 0 aliphatic rings. The van der Waals surface area contributed by atoms with Gasteiger partial charge in [-0.1, -0.05) is 0 Å². The van der Waals surface area contributed by atoms with Gasteiger partial charge in [0.05, 0.1) is 17.1 Å². The highest BCUT2D eigenvalue weighted by atomic mass is 19.1. The van der Waals surface area contributed by atoms with E-state index in [0.717, 1.165) is 18.2 Å². The van der Waals surface area contributed by atoms with E-state index >= 15 is 0 Å². The van der Waals surface area contributed by atoms with Crippen LogP contribution in [0, 0.1) is 15.9 Å². The summed E-state index contributed by atoms with van der Waals surface area (Å²) < 4.78 is 18.0. The van der Waals surface area contributed by atoms with Crippen molar-refractivity contribution in [2.45, 2.75) is 13.0 Å². The molecule has 0 aromatic heterocycles. The van der Waals surface area contributed by atoms with Gasteiger partial charge in [-0.3, -0.25) is 10.1 Å². The monoisotopic (exact) mass is 215 g/mol. The summed E-state index contributed by atoms with van der Waals surface area (Å²) >= 11 is 0. The molecule has 1 atom stereocenters. The number of halogens is 1. The van der Waals surface area contributed by atoms with E-state index in [2.05, 4.69) is 0 Å².